The molecule has 1 N–H and O–H groups in total. The Morgan fingerprint density at radius 1 is 1.16 bits per heavy atom. The zero-order valence-corrected chi connectivity index (χ0v) is 19.0. The number of nitrogens with zero attached hydrogens (tertiary/aromatic N) is 1. The lowest BCUT2D eigenvalue weighted by atomic mass is 9.95. The van der Waals surface area contributed by atoms with Crippen LogP contribution in [0.3, 0.4) is 0 Å². The highest BCUT2D eigenvalue weighted by Gasteiger charge is 2.43. The zero-order valence-electron chi connectivity index (χ0n) is 18.3. The van der Waals surface area contributed by atoms with E-state index in [9.17, 15) is 14.7 Å². The Bertz CT molecular complexity index is 1010. The maximum Gasteiger partial charge on any atom is 0.295 e. The first kappa shape index (κ1) is 23.6. The molecule has 6 nitrogen and oxygen atoms in total. The quantitative estimate of drug-likeness (QED) is 0.271. The van der Waals surface area contributed by atoms with Gasteiger partial charge >= 0.3 is 0 Å². The summed E-state index contributed by atoms with van der Waals surface area (Å²) in [7, 11) is 4.05. The molecule has 1 aliphatic heterocycles. The monoisotopic (exact) mass is 454 g/mol. The first-order valence-electron chi connectivity index (χ1n) is 10.5. The normalized spacial score (nSPS) is 17.8. The van der Waals surface area contributed by atoms with Gasteiger partial charge in [0.2, 0.25) is 5.78 Å². The van der Waals surface area contributed by atoms with Crippen molar-refractivity contribution in [1.29, 1.82) is 0 Å². The largest absolute Gasteiger partial charge is 0.872 e. The molecule has 1 heterocycles. The summed E-state index contributed by atoms with van der Waals surface area (Å²) < 4.78 is 5.46. The molecule has 1 amide bonds. The van der Waals surface area contributed by atoms with E-state index in [4.69, 9.17) is 16.3 Å². The van der Waals surface area contributed by atoms with Crippen molar-refractivity contribution in [2.45, 2.75) is 12.5 Å². The van der Waals surface area contributed by atoms with Crippen LogP contribution in [0.25, 0.3) is 5.76 Å². The van der Waals surface area contributed by atoms with Gasteiger partial charge in [0.05, 0.1) is 26.7 Å². The number of benzene rings is 2. The third kappa shape index (κ3) is 5.21. The van der Waals surface area contributed by atoms with Crippen LogP contribution in [0.2, 0.25) is 5.02 Å². The van der Waals surface area contributed by atoms with E-state index < -0.39 is 23.5 Å². The van der Waals surface area contributed by atoms with Crippen LogP contribution in [0.5, 0.6) is 5.75 Å². The molecule has 168 valence electrons. The van der Waals surface area contributed by atoms with E-state index in [1.54, 1.807) is 54.6 Å². The Kier molecular flexibility index (Phi) is 7.72. The van der Waals surface area contributed by atoms with Crippen LogP contribution in [-0.4, -0.2) is 50.4 Å². The van der Waals surface area contributed by atoms with Gasteiger partial charge in [0.1, 0.15) is 12.4 Å². The van der Waals surface area contributed by atoms with Crippen LogP contribution in [0.1, 0.15) is 23.6 Å². The predicted octanol–water partition coefficient (Wildman–Crippen LogP) is 1.66. The van der Waals surface area contributed by atoms with Gasteiger partial charge in [-0.1, -0.05) is 54.3 Å². The second kappa shape index (κ2) is 10.5. The Hall–Kier alpha value is -3.09. The van der Waals surface area contributed by atoms with Gasteiger partial charge in [-0.25, -0.2) is 0 Å². The fourth-order valence-corrected chi connectivity index (χ4v) is 3.83. The average molecular weight is 455 g/mol. The molecule has 7 heteroatoms. The highest BCUT2D eigenvalue weighted by atomic mass is 35.5. The molecule has 0 saturated carbocycles. The van der Waals surface area contributed by atoms with Crippen LogP contribution in [-0.2, 0) is 9.59 Å². The second-order valence-electron chi connectivity index (χ2n) is 7.96. The number of ketones is 1. The molecule has 2 aromatic carbocycles. The summed E-state index contributed by atoms with van der Waals surface area (Å²) in [6.07, 6.45) is 2.34. The molecule has 0 aromatic heterocycles. The molecule has 1 unspecified atom stereocenters. The third-order valence-electron chi connectivity index (χ3n) is 5.28. The second-order valence-corrected chi connectivity index (χ2v) is 8.40. The first-order chi connectivity index (χ1) is 15.3. The summed E-state index contributed by atoms with van der Waals surface area (Å²) >= 11 is 6.03. The van der Waals surface area contributed by atoms with E-state index in [2.05, 4.69) is 6.58 Å². The van der Waals surface area contributed by atoms with Gasteiger partial charge in [0.25, 0.3) is 5.91 Å². The number of rotatable bonds is 9. The molecular formula is C25H27ClN2O4. The maximum atomic E-state index is 13.4. The number of Topliss-reactive ketones (excluding diaryl/α,β-unsaturated/α-hetero) is 1. The van der Waals surface area contributed by atoms with E-state index in [0.29, 0.717) is 41.5 Å². The lowest BCUT2D eigenvalue weighted by Crippen LogP contribution is -3.05. The molecule has 0 spiro atoms. The Morgan fingerprint density at radius 2 is 1.81 bits per heavy atom. The third-order valence-corrected chi connectivity index (χ3v) is 5.53. The van der Waals surface area contributed by atoms with Gasteiger partial charge in [-0.3, -0.25) is 9.59 Å². The SMILES string of the molecule is C=CCOc1ccc(/C([O-])=C2\C(=O)C(=O)N(CCC[NH+](C)C)C2c2ccc(Cl)cc2)cc1. The molecule has 1 fully saturated rings. The molecule has 0 aliphatic carbocycles. The van der Waals surface area contributed by atoms with Gasteiger partial charge in [0, 0.05) is 23.6 Å². The van der Waals surface area contributed by atoms with E-state index in [1.807, 2.05) is 14.1 Å². The molecule has 0 radical (unpaired) electrons. The minimum Gasteiger partial charge on any atom is -0.872 e. The maximum absolute atomic E-state index is 13.4. The Balaban J connectivity index is 2.02. The fraction of sp³-hybridized carbons (Fsp3) is 0.280. The summed E-state index contributed by atoms with van der Waals surface area (Å²) in [5, 5.41) is 13.9. The van der Waals surface area contributed by atoms with Crippen molar-refractivity contribution in [3.8, 4) is 5.75 Å². The van der Waals surface area contributed by atoms with Crippen LogP contribution in [0.4, 0.5) is 0 Å². The van der Waals surface area contributed by atoms with Crippen LogP contribution in [0.15, 0.2) is 66.8 Å². The summed E-state index contributed by atoms with van der Waals surface area (Å²) in [5.74, 6) is -1.27. The Morgan fingerprint density at radius 3 is 2.41 bits per heavy atom. The number of hydrogen-bond donors (Lipinski definition) is 1. The molecule has 1 atom stereocenters. The minimum absolute atomic E-state index is 0.0331. The highest BCUT2D eigenvalue weighted by molar-refractivity contribution is 6.46. The number of carbonyl (C=O) groups excluding carboxylic acids is 2. The molecule has 1 saturated heterocycles. The van der Waals surface area contributed by atoms with Crippen LogP contribution < -0.4 is 14.7 Å². The number of likely N-dealkylation sites (tertiary alicyclic amines) is 1. The number of nitrogens with one attached hydrogen (secondary N) is 1. The molecule has 3 rings (SSSR count). The van der Waals surface area contributed by atoms with Crippen molar-refractivity contribution in [2.24, 2.45) is 0 Å². The number of ether oxygens (including phenoxy) is 1. The lowest BCUT2D eigenvalue weighted by Gasteiger charge is -2.27. The summed E-state index contributed by atoms with van der Waals surface area (Å²) in [5.41, 5.74) is 0.972. The average Bonchev–Trinajstić information content (AvgIpc) is 3.03. The number of halogens is 1. The van der Waals surface area contributed by atoms with Crippen molar-refractivity contribution in [3.05, 3.63) is 82.9 Å². The Labute approximate surface area is 193 Å². The van der Waals surface area contributed by atoms with Gasteiger partial charge in [0.15, 0.2) is 0 Å². The highest BCUT2D eigenvalue weighted by Crippen LogP contribution is 2.39. The van der Waals surface area contributed by atoms with Crippen LogP contribution in [0, 0.1) is 0 Å². The molecule has 32 heavy (non-hydrogen) atoms. The van der Waals surface area contributed by atoms with Gasteiger partial charge in [-0.05, 0) is 35.4 Å². The molecular weight excluding hydrogens is 428 g/mol. The summed E-state index contributed by atoms with van der Waals surface area (Å²) in [4.78, 5) is 28.6. The summed E-state index contributed by atoms with van der Waals surface area (Å²) in [6.45, 7) is 5.17. The predicted molar refractivity (Wildman–Crippen MR) is 122 cm³/mol. The van der Waals surface area contributed by atoms with Crippen molar-refractivity contribution in [3.63, 3.8) is 0 Å². The minimum atomic E-state index is -0.751. The van der Waals surface area contributed by atoms with Crippen molar-refractivity contribution in [2.75, 3.05) is 33.8 Å². The van der Waals surface area contributed by atoms with Crippen LogP contribution >= 0.6 is 11.6 Å². The van der Waals surface area contributed by atoms with E-state index >= 15 is 0 Å². The lowest BCUT2D eigenvalue weighted by molar-refractivity contribution is -0.858. The van der Waals surface area contributed by atoms with E-state index in [-0.39, 0.29) is 5.57 Å². The smallest absolute Gasteiger partial charge is 0.295 e. The zero-order chi connectivity index (χ0) is 23.3. The number of hydrogen-bond acceptors (Lipinski definition) is 4. The molecule has 0 bridgehead atoms. The number of amides is 1. The fourth-order valence-electron chi connectivity index (χ4n) is 3.71. The van der Waals surface area contributed by atoms with Gasteiger partial charge < -0.3 is 19.6 Å². The van der Waals surface area contributed by atoms with Crippen molar-refractivity contribution >= 4 is 29.1 Å². The topological polar surface area (TPSA) is 74.1 Å². The number of quaternary nitrogens is 1. The number of carbonyl (C=O) groups is 2. The summed E-state index contributed by atoms with van der Waals surface area (Å²) in [6, 6.07) is 12.7. The van der Waals surface area contributed by atoms with E-state index in [1.165, 1.54) is 9.80 Å². The van der Waals surface area contributed by atoms with E-state index in [0.717, 1.165) is 6.54 Å². The molecule has 2 aromatic rings. The standard InChI is InChI=1S/C25H27ClN2O4/c1-4-16-32-20-12-8-18(9-13-20)23(29)21-22(17-6-10-19(26)11-7-17)28(25(31)24(21)30)15-5-14-27(2)3/h4,6-13,22,29H,1,5,14-16H2,2-3H3/b23-21+. The van der Waals surface area contributed by atoms with Crippen molar-refractivity contribution in [1.82, 2.24) is 4.90 Å². The van der Waals surface area contributed by atoms with Gasteiger partial charge in [-0.2, -0.15) is 0 Å². The van der Waals surface area contributed by atoms with Crippen molar-refractivity contribution < 1.29 is 24.3 Å². The van der Waals surface area contributed by atoms with Gasteiger partial charge in [-0.15, -0.1) is 0 Å². The first-order valence-corrected chi connectivity index (χ1v) is 10.9. The molecule has 1 aliphatic rings.